The van der Waals surface area contributed by atoms with E-state index in [9.17, 15) is 9.59 Å². The fraction of sp³-hybridized carbons (Fsp3) is 0.273. The second kappa shape index (κ2) is 5.27. The van der Waals surface area contributed by atoms with Crippen LogP contribution in [0.2, 0.25) is 0 Å². The lowest BCUT2D eigenvalue weighted by Crippen LogP contribution is -2.49. The molecule has 1 aromatic carbocycles. The van der Waals surface area contributed by atoms with Crippen molar-refractivity contribution in [2.75, 3.05) is 0 Å². The Bertz CT molecular complexity index is 378. The van der Waals surface area contributed by atoms with Gasteiger partial charge in [-0.15, -0.1) is 0 Å². The minimum Gasteiger partial charge on any atom is -0.480 e. The van der Waals surface area contributed by atoms with E-state index in [-0.39, 0.29) is 6.42 Å². The Kier molecular flexibility index (Phi) is 4.02. The number of amides is 1. The molecule has 16 heavy (non-hydrogen) atoms. The van der Waals surface area contributed by atoms with Crippen molar-refractivity contribution in [2.24, 2.45) is 5.84 Å². The van der Waals surface area contributed by atoms with Crippen LogP contribution in [0.5, 0.6) is 0 Å². The predicted molar refractivity (Wildman–Crippen MR) is 58.3 cm³/mol. The van der Waals surface area contributed by atoms with Crippen molar-refractivity contribution < 1.29 is 14.7 Å². The first-order valence-electron chi connectivity index (χ1n) is 4.83. The van der Waals surface area contributed by atoms with Crippen molar-refractivity contribution in [1.29, 1.82) is 0 Å². The van der Waals surface area contributed by atoms with Gasteiger partial charge in [-0.05, 0) is 5.56 Å². The van der Waals surface area contributed by atoms with Gasteiger partial charge in [-0.2, -0.15) is 0 Å². The van der Waals surface area contributed by atoms with Gasteiger partial charge in [0.25, 0.3) is 0 Å². The van der Waals surface area contributed by atoms with Crippen LogP contribution < -0.4 is 5.84 Å². The van der Waals surface area contributed by atoms with Gasteiger partial charge in [0, 0.05) is 13.3 Å². The minimum absolute atomic E-state index is 0.201. The number of carbonyl (C=O) groups excluding carboxylic acids is 1. The van der Waals surface area contributed by atoms with Crippen molar-refractivity contribution >= 4 is 11.9 Å². The van der Waals surface area contributed by atoms with E-state index in [1.165, 1.54) is 6.92 Å². The monoisotopic (exact) mass is 222 g/mol. The van der Waals surface area contributed by atoms with E-state index in [2.05, 4.69) is 0 Å². The molecular formula is C11H14N2O3. The topological polar surface area (TPSA) is 83.6 Å². The lowest BCUT2D eigenvalue weighted by atomic mass is 10.1. The second-order valence-electron chi connectivity index (χ2n) is 3.47. The predicted octanol–water partition coefficient (Wildman–Crippen LogP) is 0.404. The van der Waals surface area contributed by atoms with Crippen LogP contribution >= 0.6 is 0 Å². The van der Waals surface area contributed by atoms with Gasteiger partial charge in [0.05, 0.1) is 0 Å². The molecular weight excluding hydrogens is 208 g/mol. The molecule has 5 heteroatoms. The fourth-order valence-corrected chi connectivity index (χ4v) is 1.36. The second-order valence-corrected chi connectivity index (χ2v) is 3.47. The van der Waals surface area contributed by atoms with Crippen LogP contribution in [-0.2, 0) is 16.0 Å². The number of aliphatic carboxylic acids is 1. The number of carboxylic acid groups (broad SMARTS) is 1. The van der Waals surface area contributed by atoms with Gasteiger partial charge in [0.1, 0.15) is 6.04 Å². The van der Waals surface area contributed by atoms with Crippen molar-refractivity contribution in [1.82, 2.24) is 5.01 Å². The minimum atomic E-state index is -1.11. The summed E-state index contributed by atoms with van der Waals surface area (Å²) < 4.78 is 0. The maximum Gasteiger partial charge on any atom is 0.328 e. The van der Waals surface area contributed by atoms with Crippen LogP contribution in [0.25, 0.3) is 0 Å². The largest absolute Gasteiger partial charge is 0.480 e. The van der Waals surface area contributed by atoms with Crippen molar-refractivity contribution in [3.63, 3.8) is 0 Å². The van der Waals surface area contributed by atoms with E-state index in [0.717, 1.165) is 10.6 Å². The molecule has 3 N–H and O–H groups in total. The molecule has 0 saturated heterocycles. The number of nitrogens with two attached hydrogens (primary N) is 1. The van der Waals surface area contributed by atoms with Gasteiger partial charge < -0.3 is 5.11 Å². The molecule has 0 aliphatic heterocycles. The highest BCUT2D eigenvalue weighted by atomic mass is 16.4. The van der Waals surface area contributed by atoms with Crippen LogP contribution in [0.4, 0.5) is 0 Å². The zero-order chi connectivity index (χ0) is 12.1. The van der Waals surface area contributed by atoms with E-state index in [4.69, 9.17) is 10.9 Å². The SMILES string of the molecule is CC(=O)N(N)C(Cc1ccccc1)C(=O)O. The smallest absolute Gasteiger partial charge is 0.328 e. The first kappa shape index (κ1) is 12.2. The highest BCUT2D eigenvalue weighted by Gasteiger charge is 2.25. The Hall–Kier alpha value is -1.88. The Morgan fingerprint density at radius 3 is 2.38 bits per heavy atom. The van der Waals surface area contributed by atoms with Gasteiger partial charge in [-0.25, -0.2) is 10.6 Å². The molecule has 1 amide bonds. The molecule has 0 aliphatic carbocycles. The van der Waals surface area contributed by atoms with Crippen LogP contribution in [-0.4, -0.2) is 28.0 Å². The molecule has 0 fully saturated rings. The molecule has 0 bridgehead atoms. The zero-order valence-corrected chi connectivity index (χ0v) is 8.96. The van der Waals surface area contributed by atoms with Crippen LogP contribution in [0.3, 0.4) is 0 Å². The lowest BCUT2D eigenvalue weighted by molar-refractivity contribution is -0.149. The Labute approximate surface area is 93.4 Å². The third-order valence-corrected chi connectivity index (χ3v) is 2.26. The zero-order valence-electron chi connectivity index (χ0n) is 8.96. The average Bonchev–Trinajstić information content (AvgIpc) is 2.26. The number of rotatable bonds is 4. The van der Waals surface area contributed by atoms with Crippen molar-refractivity contribution in [2.45, 2.75) is 19.4 Å². The van der Waals surface area contributed by atoms with E-state index in [1.807, 2.05) is 18.2 Å². The summed E-state index contributed by atoms with van der Waals surface area (Å²) in [7, 11) is 0. The summed E-state index contributed by atoms with van der Waals surface area (Å²) in [6.45, 7) is 1.24. The summed E-state index contributed by atoms with van der Waals surface area (Å²) in [6, 6.07) is 8.02. The number of carbonyl (C=O) groups is 2. The third-order valence-electron chi connectivity index (χ3n) is 2.26. The fourth-order valence-electron chi connectivity index (χ4n) is 1.36. The number of hydrazine groups is 1. The van der Waals surface area contributed by atoms with Crippen LogP contribution in [0.15, 0.2) is 30.3 Å². The summed E-state index contributed by atoms with van der Waals surface area (Å²) in [5.41, 5.74) is 0.826. The Morgan fingerprint density at radius 2 is 1.94 bits per heavy atom. The van der Waals surface area contributed by atoms with Crippen molar-refractivity contribution in [3.8, 4) is 0 Å². The number of hydrogen-bond acceptors (Lipinski definition) is 3. The van der Waals surface area contributed by atoms with E-state index in [1.54, 1.807) is 12.1 Å². The first-order valence-corrected chi connectivity index (χ1v) is 4.83. The molecule has 0 spiro atoms. The molecule has 5 nitrogen and oxygen atoms in total. The standard InChI is InChI=1S/C11H14N2O3/c1-8(14)13(12)10(11(15)16)7-9-5-3-2-4-6-9/h2-6,10H,7,12H2,1H3,(H,15,16). The number of hydrogen-bond donors (Lipinski definition) is 2. The Balaban J connectivity index is 2.81. The molecule has 0 saturated carbocycles. The van der Waals surface area contributed by atoms with Gasteiger partial charge in [0.2, 0.25) is 5.91 Å². The molecule has 0 heterocycles. The van der Waals surface area contributed by atoms with E-state index >= 15 is 0 Å². The maximum atomic E-state index is 11.0. The normalized spacial score (nSPS) is 11.9. The molecule has 1 aromatic rings. The van der Waals surface area contributed by atoms with Crippen LogP contribution in [0, 0.1) is 0 Å². The highest BCUT2D eigenvalue weighted by Crippen LogP contribution is 2.07. The van der Waals surface area contributed by atoms with Gasteiger partial charge in [-0.1, -0.05) is 30.3 Å². The quantitative estimate of drug-likeness (QED) is 0.439. The molecule has 1 rings (SSSR count). The lowest BCUT2D eigenvalue weighted by Gasteiger charge is -2.22. The third kappa shape index (κ3) is 3.06. The molecule has 0 aromatic heterocycles. The van der Waals surface area contributed by atoms with Crippen LogP contribution in [0.1, 0.15) is 12.5 Å². The number of benzene rings is 1. The average molecular weight is 222 g/mol. The molecule has 1 atom stereocenters. The summed E-state index contributed by atoms with van der Waals surface area (Å²) in [6.07, 6.45) is 0.201. The summed E-state index contributed by atoms with van der Waals surface area (Å²) >= 11 is 0. The van der Waals surface area contributed by atoms with E-state index < -0.39 is 17.9 Å². The number of carboxylic acids is 1. The maximum absolute atomic E-state index is 11.0. The van der Waals surface area contributed by atoms with Gasteiger partial charge in [-0.3, -0.25) is 9.80 Å². The summed E-state index contributed by atoms with van der Waals surface area (Å²) in [4.78, 5) is 22.0. The molecule has 86 valence electrons. The summed E-state index contributed by atoms with van der Waals surface area (Å²) in [5, 5.41) is 9.73. The molecule has 0 radical (unpaired) electrons. The van der Waals surface area contributed by atoms with Gasteiger partial charge in [0.15, 0.2) is 0 Å². The van der Waals surface area contributed by atoms with Crippen molar-refractivity contribution in [3.05, 3.63) is 35.9 Å². The number of nitrogens with zero attached hydrogens (tertiary/aromatic N) is 1. The summed E-state index contributed by atoms with van der Waals surface area (Å²) in [5.74, 6) is 3.83. The molecule has 1 unspecified atom stereocenters. The van der Waals surface area contributed by atoms with Gasteiger partial charge >= 0.3 is 5.97 Å². The highest BCUT2D eigenvalue weighted by molar-refractivity contribution is 5.82. The van der Waals surface area contributed by atoms with E-state index in [0.29, 0.717) is 0 Å². The molecule has 0 aliphatic rings. The first-order chi connectivity index (χ1) is 7.52. The Morgan fingerprint density at radius 1 is 1.38 bits per heavy atom.